The smallest absolute Gasteiger partial charge is 0.418 e. The van der Waals surface area contributed by atoms with E-state index in [-0.39, 0.29) is 27.1 Å². The van der Waals surface area contributed by atoms with Crippen molar-refractivity contribution in [3.63, 3.8) is 0 Å². The molecule has 0 N–H and O–H groups in total. The van der Waals surface area contributed by atoms with Gasteiger partial charge < -0.3 is 9.64 Å². The van der Waals surface area contributed by atoms with Gasteiger partial charge in [-0.2, -0.15) is 13.2 Å². The van der Waals surface area contributed by atoms with Gasteiger partial charge in [0.1, 0.15) is 11.6 Å². The fourth-order valence-electron chi connectivity index (χ4n) is 4.25. The molecular formula is C25H25ClF3N3O3S. The van der Waals surface area contributed by atoms with Crippen LogP contribution in [0.5, 0.6) is 5.75 Å². The first-order valence-electron chi connectivity index (χ1n) is 11.3. The van der Waals surface area contributed by atoms with Crippen molar-refractivity contribution in [3.05, 3.63) is 64.8 Å². The van der Waals surface area contributed by atoms with Gasteiger partial charge in [0, 0.05) is 18.7 Å². The Balaban J connectivity index is 1.70. The van der Waals surface area contributed by atoms with Gasteiger partial charge in [-0.15, -0.1) is 0 Å². The summed E-state index contributed by atoms with van der Waals surface area (Å²) < 4.78 is 72.9. The average molecular weight is 540 g/mol. The number of pyridine rings is 2. The third-order valence-electron chi connectivity index (χ3n) is 6.03. The number of piperidine rings is 1. The minimum atomic E-state index is -4.73. The molecule has 3 aromatic rings. The molecule has 0 radical (unpaired) electrons. The van der Waals surface area contributed by atoms with E-state index >= 15 is 0 Å². The van der Waals surface area contributed by atoms with E-state index in [0.29, 0.717) is 11.7 Å². The topological polar surface area (TPSA) is 72.4 Å². The SMILES string of the molecule is COc1ccc(Cl)c(-c2nc(CS(=O)(=O)c3cccc(N4CCC[C@H](C)C4)n3)ccc2C(F)(F)F)c1. The molecule has 1 atom stereocenters. The lowest BCUT2D eigenvalue weighted by Gasteiger charge is -2.32. The number of hydrogen-bond acceptors (Lipinski definition) is 6. The van der Waals surface area contributed by atoms with Gasteiger partial charge in [0.05, 0.1) is 34.8 Å². The van der Waals surface area contributed by atoms with E-state index in [9.17, 15) is 21.6 Å². The first-order chi connectivity index (χ1) is 17.0. The van der Waals surface area contributed by atoms with Gasteiger partial charge in [0.15, 0.2) is 5.03 Å². The number of nitrogens with zero attached hydrogens (tertiary/aromatic N) is 3. The zero-order chi connectivity index (χ0) is 26.1. The Morgan fingerprint density at radius 3 is 2.61 bits per heavy atom. The van der Waals surface area contributed by atoms with Crippen LogP contribution in [0.4, 0.5) is 19.0 Å². The highest BCUT2D eigenvalue weighted by Gasteiger charge is 2.35. The lowest BCUT2D eigenvalue weighted by molar-refractivity contribution is -0.137. The van der Waals surface area contributed by atoms with E-state index in [1.165, 1.54) is 31.4 Å². The number of ether oxygens (including phenoxy) is 1. The van der Waals surface area contributed by atoms with Crippen LogP contribution in [-0.2, 0) is 21.8 Å². The Morgan fingerprint density at radius 1 is 1.14 bits per heavy atom. The second kappa shape index (κ2) is 10.3. The molecule has 0 aliphatic carbocycles. The number of benzene rings is 1. The highest BCUT2D eigenvalue weighted by Crippen LogP contribution is 2.40. The summed E-state index contributed by atoms with van der Waals surface area (Å²) in [5.41, 5.74) is -1.57. The fourth-order valence-corrected chi connectivity index (χ4v) is 5.67. The molecule has 6 nitrogen and oxygen atoms in total. The van der Waals surface area contributed by atoms with Crippen LogP contribution in [-0.4, -0.2) is 38.6 Å². The molecule has 192 valence electrons. The molecule has 0 saturated carbocycles. The Labute approximate surface area is 213 Å². The summed E-state index contributed by atoms with van der Waals surface area (Å²) >= 11 is 6.20. The van der Waals surface area contributed by atoms with E-state index in [4.69, 9.17) is 16.3 Å². The van der Waals surface area contributed by atoms with Gasteiger partial charge in [0.2, 0.25) is 9.84 Å². The Kier molecular flexibility index (Phi) is 7.47. The number of methoxy groups -OCH3 is 1. The molecule has 1 aromatic carbocycles. The largest absolute Gasteiger partial charge is 0.497 e. The molecule has 1 saturated heterocycles. The molecule has 3 heterocycles. The molecule has 11 heteroatoms. The van der Waals surface area contributed by atoms with Gasteiger partial charge in [-0.1, -0.05) is 24.6 Å². The number of alkyl halides is 3. The molecule has 1 fully saturated rings. The van der Waals surface area contributed by atoms with Crippen LogP contribution in [0.25, 0.3) is 11.3 Å². The summed E-state index contributed by atoms with van der Waals surface area (Å²) in [7, 11) is -2.62. The highest BCUT2D eigenvalue weighted by atomic mass is 35.5. The Bertz CT molecular complexity index is 1370. The Morgan fingerprint density at radius 2 is 1.92 bits per heavy atom. The van der Waals surface area contributed by atoms with E-state index < -0.39 is 33.0 Å². The van der Waals surface area contributed by atoms with Crippen LogP contribution < -0.4 is 9.64 Å². The molecule has 0 spiro atoms. The third-order valence-corrected chi connectivity index (χ3v) is 7.90. The number of aromatic nitrogens is 2. The normalized spacial score (nSPS) is 16.7. The minimum absolute atomic E-state index is 0.0121. The van der Waals surface area contributed by atoms with Crippen LogP contribution in [0.15, 0.2) is 53.6 Å². The molecule has 0 amide bonds. The van der Waals surface area contributed by atoms with Crippen LogP contribution in [0.1, 0.15) is 31.0 Å². The van der Waals surface area contributed by atoms with Crippen LogP contribution in [0, 0.1) is 5.92 Å². The van der Waals surface area contributed by atoms with Crippen molar-refractivity contribution < 1.29 is 26.3 Å². The summed E-state index contributed by atoms with van der Waals surface area (Å²) in [5.74, 6) is 0.702. The zero-order valence-electron chi connectivity index (χ0n) is 19.7. The summed E-state index contributed by atoms with van der Waals surface area (Å²) in [5, 5.41) is -0.125. The Hall–Kier alpha value is -2.85. The maximum absolute atomic E-state index is 13.8. The number of halogens is 4. The van der Waals surface area contributed by atoms with E-state index in [2.05, 4.69) is 16.9 Å². The molecular weight excluding hydrogens is 515 g/mol. The van der Waals surface area contributed by atoms with Crippen molar-refractivity contribution in [1.29, 1.82) is 0 Å². The molecule has 4 rings (SSSR count). The predicted octanol–water partition coefficient (Wildman–Crippen LogP) is 6.03. The summed E-state index contributed by atoms with van der Waals surface area (Å²) in [6.45, 7) is 3.70. The second-order valence-electron chi connectivity index (χ2n) is 8.83. The maximum atomic E-state index is 13.8. The average Bonchev–Trinajstić information content (AvgIpc) is 2.83. The van der Waals surface area contributed by atoms with Gasteiger partial charge in [0.25, 0.3) is 0 Å². The predicted molar refractivity (Wildman–Crippen MR) is 132 cm³/mol. The third kappa shape index (κ3) is 5.75. The minimum Gasteiger partial charge on any atom is -0.497 e. The first kappa shape index (κ1) is 26.2. The quantitative estimate of drug-likeness (QED) is 0.380. The fraction of sp³-hybridized carbons (Fsp3) is 0.360. The molecule has 1 aliphatic rings. The second-order valence-corrected chi connectivity index (χ2v) is 11.2. The molecule has 2 aromatic heterocycles. The van der Waals surface area contributed by atoms with Crippen LogP contribution in [0.3, 0.4) is 0 Å². The van der Waals surface area contributed by atoms with E-state index in [1.54, 1.807) is 12.1 Å². The van der Waals surface area contributed by atoms with Crippen molar-refractivity contribution in [3.8, 4) is 17.0 Å². The monoisotopic (exact) mass is 539 g/mol. The van der Waals surface area contributed by atoms with Gasteiger partial charge in [-0.3, -0.25) is 4.98 Å². The maximum Gasteiger partial charge on any atom is 0.418 e. The van der Waals surface area contributed by atoms with Crippen molar-refractivity contribution in [1.82, 2.24) is 9.97 Å². The summed E-state index contributed by atoms with van der Waals surface area (Å²) in [6.07, 6.45) is -2.63. The number of rotatable bonds is 6. The van der Waals surface area contributed by atoms with Crippen molar-refractivity contribution in [2.75, 3.05) is 25.1 Å². The summed E-state index contributed by atoms with van der Waals surface area (Å²) in [6, 6.07) is 10.9. The standard InChI is InChI=1S/C25H25ClF3N3O3S/c1-16-5-4-12-32(14-16)22-6-3-7-23(31-22)36(33,34)15-17-8-10-20(25(27,28)29)24(30-17)19-13-18(35-2)9-11-21(19)26/h3,6-11,13,16H,4-5,12,14-15H2,1-2H3/t16-/m0/s1. The highest BCUT2D eigenvalue weighted by molar-refractivity contribution is 7.90. The number of anilines is 1. The summed E-state index contributed by atoms with van der Waals surface area (Å²) in [4.78, 5) is 10.5. The van der Waals surface area contributed by atoms with Crippen molar-refractivity contribution >= 4 is 27.3 Å². The van der Waals surface area contributed by atoms with Crippen molar-refractivity contribution in [2.24, 2.45) is 5.92 Å². The molecule has 1 aliphatic heterocycles. The first-order valence-corrected chi connectivity index (χ1v) is 13.4. The van der Waals surface area contributed by atoms with Gasteiger partial charge >= 0.3 is 6.18 Å². The van der Waals surface area contributed by atoms with Crippen LogP contribution >= 0.6 is 11.6 Å². The lowest BCUT2D eigenvalue weighted by Crippen LogP contribution is -2.35. The van der Waals surface area contributed by atoms with E-state index in [0.717, 1.165) is 38.1 Å². The van der Waals surface area contributed by atoms with Crippen molar-refractivity contribution in [2.45, 2.75) is 36.7 Å². The number of sulfone groups is 1. The van der Waals surface area contributed by atoms with Crippen LogP contribution in [0.2, 0.25) is 5.02 Å². The number of hydrogen-bond donors (Lipinski definition) is 0. The molecule has 36 heavy (non-hydrogen) atoms. The van der Waals surface area contributed by atoms with Gasteiger partial charge in [-0.25, -0.2) is 13.4 Å². The molecule has 0 bridgehead atoms. The van der Waals surface area contributed by atoms with Gasteiger partial charge in [-0.05, 0) is 61.2 Å². The lowest BCUT2D eigenvalue weighted by atomic mass is 10.0. The van der Waals surface area contributed by atoms with E-state index in [1.807, 2.05) is 4.90 Å². The molecule has 0 unspecified atom stereocenters. The zero-order valence-corrected chi connectivity index (χ0v) is 21.3.